The van der Waals surface area contributed by atoms with Crippen LogP contribution in [0.25, 0.3) is 0 Å². The number of hydrogen-bond acceptors (Lipinski definition) is 1. The smallest absolute Gasteiger partial charge is 0.0768 e. The van der Waals surface area contributed by atoms with Crippen LogP contribution in [-0.2, 0) is 0 Å². The molecule has 0 spiro atoms. The first kappa shape index (κ1) is 9.97. The van der Waals surface area contributed by atoms with Gasteiger partial charge in [0.25, 0.3) is 0 Å². The molecule has 2 unspecified atom stereocenters. The highest BCUT2D eigenvalue weighted by molar-refractivity contribution is 5.33. The van der Waals surface area contributed by atoms with Crippen molar-refractivity contribution in [2.24, 2.45) is 16.7 Å². The van der Waals surface area contributed by atoms with Crippen LogP contribution in [0.5, 0.6) is 0 Å². The van der Waals surface area contributed by atoms with Gasteiger partial charge in [0.2, 0.25) is 0 Å². The molecule has 0 aromatic carbocycles. The number of aliphatic hydroxyl groups excluding tert-OH is 1. The van der Waals surface area contributed by atoms with Gasteiger partial charge in [0, 0.05) is 11.3 Å². The van der Waals surface area contributed by atoms with E-state index in [2.05, 4.69) is 39.8 Å². The van der Waals surface area contributed by atoms with Crippen LogP contribution in [0.3, 0.4) is 0 Å². The Morgan fingerprint density at radius 2 is 2.00 bits per heavy atom. The molecular weight excluding hydrogens is 172 g/mol. The molecule has 2 aliphatic rings. The Morgan fingerprint density at radius 3 is 2.57 bits per heavy atom. The summed E-state index contributed by atoms with van der Waals surface area (Å²) in [6, 6.07) is 0. The highest BCUT2D eigenvalue weighted by Gasteiger charge is 2.51. The highest BCUT2D eigenvalue weighted by Crippen LogP contribution is 2.56. The van der Waals surface area contributed by atoms with Gasteiger partial charge >= 0.3 is 0 Å². The lowest BCUT2D eigenvalue weighted by Crippen LogP contribution is -2.42. The van der Waals surface area contributed by atoms with Gasteiger partial charge in [-0.3, -0.25) is 0 Å². The summed E-state index contributed by atoms with van der Waals surface area (Å²) in [5.74, 6) is 0.347. The zero-order valence-electron chi connectivity index (χ0n) is 9.54. The number of fused-ring (bicyclic) bond motifs is 1. The number of aliphatic hydroxyl groups is 1. The van der Waals surface area contributed by atoms with Crippen molar-refractivity contribution in [2.75, 3.05) is 0 Å². The maximum atomic E-state index is 10.1. The molecular formula is C13H20O. The minimum absolute atomic E-state index is 0.0845. The number of allylic oxidation sites excluding steroid dienone is 3. The molecule has 0 aliphatic heterocycles. The molecule has 1 nitrogen and oxygen atoms in total. The lowest BCUT2D eigenvalue weighted by molar-refractivity contribution is 0.0225. The van der Waals surface area contributed by atoms with Crippen molar-refractivity contribution in [3.63, 3.8) is 0 Å². The fraction of sp³-hybridized carbons (Fsp3) is 0.692. The van der Waals surface area contributed by atoms with E-state index in [0.29, 0.717) is 5.92 Å². The predicted molar refractivity (Wildman–Crippen MR) is 58.9 cm³/mol. The molecule has 14 heavy (non-hydrogen) atoms. The van der Waals surface area contributed by atoms with Gasteiger partial charge in [-0.05, 0) is 18.8 Å². The summed E-state index contributed by atoms with van der Waals surface area (Å²) in [7, 11) is 0. The molecule has 0 fully saturated rings. The van der Waals surface area contributed by atoms with E-state index in [0.717, 1.165) is 6.42 Å². The van der Waals surface area contributed by atoms with Crippen LogP contribution in [0, 0.1) is 16.7 Å². The van der Waals surface area contributed by atoms with Gasteiger partial charge in [-0.15, -0.1) is 0 Å². The predicted octanol–water partition coefficient (Wildman–Crippen LogP) is 2.92. The molecule has 2 aliphatic carbocycles. The standard InChI is InChI=1S/C13H20O/c1-9-8-10(14)11-12(2,3)6-5-7-13(9,11)4/h5,7-8,10-11,14H,6H2,1-4H3/t10?,11?,13-/m0/s1. The molecule has 0 saturated heterocycles. The van der Waals surface area contributed by atoms with Gasteiger partial charge in [-0.25, -0.2) is 0 Å². The lowest BCUT2D eigenvalue weighted by atomic mass is 9.59. The fourth-order valence-corrected chi connectivity index (χ4v) is 3.38. The van der Waals surface area contributed by atoms with Crippen molar-refractivity contribution in [3.05, 3.63) is 23.8 Å². The number of hydrogen-bond donors (Lipinski definition) is 1. The molecule has 0 radical (unpaired) electrons. The van der Waals surface area contributed by atoms with Crippen LogP contribution in [0.15, 0.2) is 23.8 Å². The van der Waals surface area contributed by atoms with Gasteiger partial charge in [0.1, 0.15) is 0 Å². The molecule has 1 heteroatoms. The molecule has 0 aromatic rings. The van der Waals surface area contributed by atoms with Crippen LogP contribution in [0.2, 0.25) is 0 Å². The molecule has 0 amide bonds. The summed E-state index contributed by atoms with van der Waals surface area (Å²) in [5.41, 5.74) is 1.61. The summed E-state index contributed by atoms with van der Waals surface area (Å²) in [6.07, 6.45) is 7.39. The molecule has 1 N–H and O–H groups in total. The minimum atomic E-state index is -0.264. The van der Waals surface area contributed by atoms with Crippen LogP contribution in [0.4, 0.5) is 0 Å². The molecule has 0 aromatic heterocycles. The Bertz CT molecular complexity index is 311. The first-order valence-corrected chi connectivity index (χ1v) is 5.42. The first-order valence-electron chi connectivity index (χ1n) is 5.42. The Hall–Kier alpha value is -0.560. The van der Waals surface area contributed by atoms with E-state index < -0.39 is 0 Å². The second-order valence-electron chi connectivity index (χ2n) is 5.70. The molecule has 0 heterocycles. The van der Waals surface area contributed by atoms with E-state index in [1.54, 1.807) is 0 Å². The summed E-state index contributed by atoms with van der Waals surface area (Å²) in [6.45, 7) is 8.90. The minimum Gasteiger partial charge on any atom is -0.389 e. The monoisotopic (exact) mass is 192 g/mol. The van der Waals surface area contributed by atoms with Gasteiger partial charge < -0.3 is 5.11 Å². The van der Waals surface area contributed by atoms with E-state index in [4.69, 9.17) is 0 Å². The topological polar surface area (TPSA) is 20.2 Å². The fourth-order valence-electron chi connectivity index (χ4n) is 3.38. The van der Waals surface area contributed by atoms with E-state index in [1.807, 2.05) is 6.08 Å². The molecule has 0 saturated carbocycles. The maximum absolute atomic E-state index is 10.1. The average Bonchev–Trinajstić information content (AvgIpc) is 2.22. The van der Waals surface area contributed by atoms with E-state index in [-0.39, 0.29) is 16.9 Å². The van der Waals surface area contributed by atoms with Crippen molar-refractivity contribution >= 4 is 0 Å². The normalized spacial score (nSPS) is 44.8. The van der Waals surface area contributed by atoms with Crippen molar-refractivity contribution in [2.45, 2.75) is 40.2 Å². The van der Waals surface area contributed by atoms with Crippen LogP contribution in [-0.4, -0.2) is 11.2 Å². The second kappa shape index (κ2) is 2.73. The van der Waals surface area contributed by atoms with Crippen LogP contribution >= 0.6 is 0 Å². The van der Waals surface area contributed by atoms with Gasteiger partial charge in [0.15, 0.2) is 0 Å². The second-order valence-corrected chi connectivity index (χ2v) is 5.70. The average molecular weight is 192 g/mol. The zero-order valence-corrected chi connectivity index (χ0v) is 9.54. The van der Waals surface area contributed by atoms with E-state index in [1.165, 1.54) is 5.57 Å². The third-order valence-corrected chi connectivity index (χ3v) is 4.21. The highest BCUT2D eigenvalue weighted by atomic mass is 16.3. The quantitative estimate of drug-likeness (QED) is 0.585. The van der Waals surface area contributed by atoms with Crippen LogP contribution in [0.1, 0.15) is 34.1 Å². The summed E-state index contributed by atoms with van der Waals surface area (Å²) >= 11 is 0. The molecule has 78 valence electrons. The van der Waals surface area contributed by atoms with Crippen molar-refractivity contribution < 1.29 is 5.11 Å². The van der Waals surface area contributed by atoms with Crippen molar-refractivity contribution in [3.8, 4) is 0 Å². The SMILES string of the molecule is CC1=CC(O)C2C(C)(C)CC=C[C@@]12C. The Kier molecular flexibility index (Phi) is 1.94. The largest absolute Gasteiger partial charge is 0.389 e. The lowest BCUT2D eigenvalue weighted by Gasteiger charge is -2.46. The van der Waals surface area contributed by atoms with Gasteiger partial charge in [-0.2, -0.15) is 0 Å². The molecule has 3 atom stereocenters. The Balaban J connectivity index is 2.49. The third-order valence-electron chi connectivity index (χ3n) is 4.21. The van der Waals surface area contributed by atoms with Crippen LogP contribution < -0.4 is 0 Å². The molecule has 0 bridgehead atoms. The zero-order chi connectivity index (χ0) is 10.6. The maximum Gasteiger partial charge on any atom is 0.0768 e. The van der Waals surface area contributed by atoms with Crippen molar-refractivity contribution in [1.29, 1.82) is 0 Å². The van der Waals surface area contributed by atoms with Crippen molar-refractivity contribution in [1.82, 2.24) is 0 Å². The number of rotatable bonds is 0. The summed E-state index contributed by atoms with van der Waals surface area (Å²) in [5, 5.41) is 10.1. The third kappa shape index (κ3) is 1.12. The van der Waals surface area contributed by atoms with Gasteiger partial charge in [0.05, 0.1) is 6.10 Å². The Morgan fingerprint density at radius 1 is 1.36 bits per heavy atom. The summed E-state index contributed by atoms with van der Waals surface area (Å²) in [4.78, 5) is 0. The first-order chi connectivity index (χ1) is 6.38. The van der Waals surface area contributed by atoms with Gasteiger partial charge in [-0.1, -0.05) is 44.6 Å². The Labute approximate surface area is 86.5 Å². The summed E-state index contributed by atoms with van der Waals surface area (Å²) < 4.78 is 0. The van der Waals surface area contributed by atoms with E-state index in [9.17, 15) is 5.11 Å². The molecule has 2 rings (SSSR count). The van der Waals surface area contributed by atoms with E-state index >= 15 is 0 Å².